The van der Waals surface area contributed by atoms with Crippen LogP contribution in [0.15, 0.2) is 48.5 Å². The fraction of sp³-hybridized carbons (Fsp3) is 0.381. The van der Waals surface area contributed by atoms with Crippen LogP contribution in [-0.4, -0.2) is 48.5 Å². The number of nitrogens with zero attached hydrogens (tertiary/aromatic N) is 2. The summed E-state index contributed by atoms with van der Waals surface area (Å²) in [6.45, 7) is 3.76. The van der Waals surface area contributed by atoms with E-state index in [0.717, 1.165) is 50.3 Å². The lowest BCUT2D eigenvalue weighted by Crippen LogP contribution is -2.41. The summed E-state index contributed by atoms with van der Waals surface area (Å²) in [5.74, 6) is 0.908. The first kappa shape index (κ1) is 16.2. The molecule has 1 fully saturated rings. The fourth-order valence-electron chi connectivity index (χ4n) is 3.97. The van der Waals surface area contributed by atoms with Gasteiger partial charge in [0.2, 0.25) is 0 Å². The molecule has 0 N–H and O–H groups in total. The number of likely N-dealkylation sites (tertiary alicyclic amines) is 1. The smallest absolute Gasteiger partial charge is 0.253 e. The summed E-state index contributed by atoms with van der Waals surface area (Å²) in [4.78, 5) is 17.3. The third-order valence-electron chi connectivity index (χ3n) is 5.46. The van der Waals surface area contributed by atoms with E-state index < -0.39 is 0 Å². The Hall–Kier alpha value is -2.33. The maximum atomic E-state index is 12.7. The molecule has 0 spiro atoms. The Labute approximate surface area is 149 Å². The van der Waals surface area contributed by atoms with Gasteiger partial charge in [-0.1, -0.05) is 24.3 Å². The summed E-state index contributed by atoms with van der Waals surface area (Å²) in [6, 6.07) is 16.6. The van der Waals surface area contributed by atoms with Gasteiger partial charge in [-0.3, -0.25) is 9.69 Å². The summed E-state index contributed by atoms with van der Waals surface area (Å²) in [5.41, 5.74) is 3.65. The predicted molar refractivity (Wildman–Crippen MR) is 97.9 cm³/mol. The minimum absolute atomic E-state index is 0.127. The van der Waals surface area contributed by atoms with Gasteiger partial charge in [-0.05, 0) is 48.2 Å². The second-order valence-corrected chi connectivity index (χ2v) is 6.91. The highest BCUT2D eigenvalue weighted by atomic mass is 16.5. The molecular formula is C21H24N2O2. The lowest BCUT2D eigenvalue weighted by Gasteiger charge is -2.33. The second kappa shape index (κ2) is 6.89. The van der Waals surface area contributed by atoms with Crippen molar-refractivity contribution in [1.29, 1.82) is 0 Å². The zero-order valence-corrected chi connectivity index (χ0v) is 14.6. The van der Waals surface area contributed by atoms with Crippen LogP contribution >= 0.6 is 0 Å². The zero-order valence-electron chi connectivity index (χ0n) is 14.6. The molecule has 25 heavy (non-hydrogen) atoms. The molecule has 4 rings (SSSR count). The van der Waals surface area contributed by atoms with Crippen LogP contribution in [0.3, 0.4) is 0 Å². The summed E-state index contributed by atoms with van der Waals surface area (Å²) >= 11 is 0. The van der Waals surface area contributed by atoms with Gasteiger partial charge in [-0.2, -0.15) is 0 Å². The number of carbonyl (C=O) groups excluding carboxylic acids is 1. The molecule has 0 unspecified atom stereocenters. The average molecular weight is 336 g/mol. The Balaban J connectivity index is 1.40. The molecule has 2 heterocycles. The maximum Gasteiger partial charge on any atom is 0.253 e. The predicted octanol–water partition coefficient (Wildman–Crippen LogP) is 2.97. The van der Waals surface area contributed by atoms with Crippen LogP contribution in [0.5, 0.6) is 5.75 Å². The third kappa shape index (κ3) is 3.27. The number of rotatable bonds is 3. The quantitative estimate of drug-likeness (QED) is 0.864. The molecule has 4 nitrogen and oxygen atoms in total. The molecule has 4 heteroatoms. The van der Waals surface area contributed by atoms with Crippen LogP contribution in [0.1, 0.15) is 27.9 Å². The molecule has 0 bridgehead atoms. The highest BCUT2D eigenvalue weighted by molar-refractivity contribution is 5.94. The summed E-state index contributed by atoms with van der Waals surface area (Å²) in [5, 5.41) is 0. The molecule has 1 atom stereocenters. The molecule has 0 aromatic heterocycles. The van der Waals surface area contributed by atoms with Gasteiger partial charge < -0.3 is 9.64 Å². The number of hydrogen-bond acceptors (Lipinski definition) is 3. The molecule has 2 aromatic carbocycles. The molecule has 130 valence electrons. The summed E-state index contributed by atoms with van der Waals surface area (Å²) < 4.78 is 5.17. The van der Waals surface area contributed by atoms with Crippen molar-refractivity contribution in [3.8, 4) is 5.75 Å². The van der Waals surface area contributed by atoms with E-state index in [1.54, 1.807) is 7.11 Å². The average Bonchev–Trinajstić information content (AvgIpc) is 3.17. The van der Waals surface area contributed by atoms with Gasteiger partial charge in [0.05, 0.1) is 7.11 Å². The van der Waals surface area contributed by atoms with Crippen LogP contribution in [-0.2, 0) is 13.0 Å². The lowest BCUT2D eigenvalue weighted by atomic mass is 9.98. The summed E-state index contributed by atoms with van der Waals surface area (Å²) in [6.07, 6.45) is 2.17. The van der Waals surface area contributed by atoms with Crippen molar-refractivity contribution in [2.75, 3.05) is 26.7 Å². The number of benzene rings is 2. The second-order valence-electron chi connectivity index (χ2n) is 6.91. The Kier molecular flexibility index (Phi) is 4.45. The van der Waals surface area contributed by atoms with E-state index >= 15 is 0 Å². The van der Waals surface area contributed by atoms with E-state index in [1.807, 2.05) is 29.2 Å². The Morgan fingerprint density at radius 2 is 1.80 bits per heavy atom. The number of ether oxygens (including phenoxy) is 1. The van der Waals surface area contributed by atoms with Gasteiger partial charge >= 0.3 is 0 Å². The zero-order chi connectivity index (χ0) is 17.2. The van der Waals surface area contributed by atoms with Crippen molar-refractivity contribution in [3.63, 3.8) is 0 Å². The Morgan fingerprint density at radius 1 is 1.04 bits per heavy atom. The van der Waals surface area contributed by atoms with E-state index in [-0.39, 0.29) is 5.91 Å². The molecule has 0 aliphatic carbocycles. The maximum absolute atomic E-state index is 12.7. The highest BCUT2D eigenvalue weighted by Crippen LogP contribution is 2.25. The number of methoxy groups -OCH3 is 1. The first-order valence-electron chi connectivity index (χ1n) is 8.99. The van der Waals surface area contributed by atoms with E-state index in [4.69, 9.17) is 4.74 Å². The van der Waals surface area contributed by atoms with Crippen LogP contribution in [0.2, 0.25) is 0 Å². The van der Waals surface area contributed by atoms with Crippen molar-refractivity contribution in [1.82, 2.24) is 9.80 Å². The molecule has 0 saturated carbocycles. The normalized spacial score (nSPS) is 20.4. The van der Waals surface area contributed by atoms with Crippen LogP contribution in [0.25, 0.3) is 0 Å². The van der Waals surface area contributed by atoms with Gasteiger partial charge in [0, 0.05) is 37.8 Å². The monoisotopic (exact) mass is 336 g/mol. The number of amides is 1. The number of hydrogen-bond donors (Lipinski definition) is 0. The van der Waals surface area contributed by atoms with Gasteiger partial charge in [0.1, 0.15) is 5.75 Å². The van der Waals surface area contributed by atoms with Crippen molar-refractivity contribution >= 4 is 5.91 Å². The molecular weight excluding hydrogens is 312 g/mol. The molecule has 0 radical (unpaired) electrons. The number of fused-ring (bicyclic) bond motifs is 1. The van der Waals surface area contributed by atoms with E-state index in [9.17, 15) is 4.79 Å². The Bertz CT molecular complexity index is 757. The number of carbonyl (C=O) groups is 1. The van der Waals surface area contributed by atoms with Crippen molar-refractivity contribution in [2.24, 2.45) is 0 Å². The SMILES string of the molecule is COc1ccc(C(=O)N2CC[C@H](N3CCc4ccccc4C3)C2)cc1. The first-order chi connectivity index (χ1) is 12.2. The minimum atomic E-state index is 0.127. The molecule has 1 amide bonds. The van der Waals surface area contributed by atoms with Crippen molar-refractivity contribution in [3.05, 3.63) is 65.2 Å². The highest BCUT2D eigenvalue weighted by Gasteiger charge is 2.32. The molecule has 2 aromatic rings. The Morgan fingerprint density at radius 3 is 2.56 bits per heavy atom. The van der Waals surface area contributed by atoms with Crippen LogP contribution in [0.4, 0.5) is 0 Å². The van der Waals surface area contributed by atoms with E-state index in [2.05, 4.69) is 29.2 Å². The van der Waals surface area contributed by atoms with Gasteiger partial charge in [-0.15, -0.1) is 0 Å². The third-order valence-corrected chi connectivity index (χ3v) is 5.46. The lowest BCUT2D eigenvalue weighted by molar-refractivity contribution is 0.0773. The van der Waals surface area contributed by atoms with E-state index in [1.165, 1.54) is 11.1 Å². The van der Waals surface area contributed by atoms with Gasteiger partial charge in [-0.25, -0.2) is 0 Å². The van der Waals surface area contributed by atoms with E-state index in [0.29, 0.717) is 6.04 Å². The molecule has 1 saturated heterocycles. The fourth-order valence-corrected chi connectivity index (χ4v) is 3.97. The van der Waals surface area contributed by atoms with Crippen LogP contribution in [0, 0.1) is 0 Å². The molecule has 2 aliphatic heterocycles. The van der Waals surface area contributed by atoms with Crippen LogP contribution < -0.4 is 4.74 Å². The van der Waals surface area contributed by atoms with Gasteiger partial charge in [0.25, 0.3) is 5.91 Å². The minimum Gasteiger partial charge on any atom is -0.497 e. The standard InChI is InChI=1S/C21H24N2O2/c1-25-20-8-6-17(7-9-20)21(24)23-13-11-19(15-23)22-12-10-16-4-2-3-5-18(16)14-22/h2-9,19H,10-15H2,1H3/t19-/m0/s1. The topological polar surface area (TPSA) is 32.8 Å². The first-order valence-corrected chi connectivity index (χ1v) is 8.99. The summed E-state index contributed by atoms with van der Waals surface area (Å²) in [7, 11) is 1.64. The van der Waals surface area contributed by atoms with Gasteiger partial charge in [0.15, 0.2) is 0 Å². The van der Waals surface area contributed by atoms with Crippen molar-refractivity contribution < 1.29 is 9.53 Å². The molecule has 2 aliphatic rings. The van der Waals surface area contributed by atoms with Crippen molar-refractivity contribution in [2.45, 2.75) is 25.4 Å². The largest absolute Gasteiger partial charge is 0.497 e.